The molecule has 2 aromatic carbocycles. The van der Waals surface area contributed by atoms with Gasteiger partial charge in [0.2, 0.25) is 0 Å². The van der Waals surface area contributed by atoms with E-state index in [0.29, 0.717) is 5.56 Å². The molecule has 0 aliphatic rings. The molecule has 0 bridgehead atoms. The number of sulfonamides is 1. The number of carboxylic acids is 1. The zero-order chi connectivity index (χ0) is 24.1. The lowest BCUT2D eigenvalue weighted by Gasteiger charge is -2.18. The van der Waals surface area contributed by atoms with Gasteiger partial charge in [0.1, 0.15) is 4.90 Å². The molecule has 0 saturated heterocycles. The molecule has 2 aromatic rings. The molecule has 0 fully saturated rings. The third kappa shape index (κ3) is 6.55. The summed E-state index contributed by atoms with van der Waals surface area (Å²) in [4.78, 5) is 34.8. The number of carbonyl (C=O) groups excluding carboxylic acids is 2. The molecule has 1 amide bonds. The summed E-state index contributed by atoms with van der Waals surface area (Å²) in [5, 5.41) is 11.1. The molecule has 0 aliphatic carbocycles. The van der Waals surface area contributed by atoms with Crippen LogP contribution in [-0.4, -0.2) is 37.9 Å². The maximum Gasteiger partial charge on any atom is 0.316 e. The minimum absolute atomic E-state index is 0.0218. The van der Waals surface area contributed by atoms with E-state index in [1.165, 1.54) is 36.4 Å². The smallest absolute Gasteiger partial charge is 0.316 e. The topological polar surface area (TPSA) is 139 Å². The van der Waals surface area contributed by atoms with E-state index >= 15 is 0 Å². The maximum absolute atomic E-state index is 13.0. The number of carboxylic acid groups (broad SMARTS) is 1. The van der Waals surface area contributed by atoms with Gasteiger partial charge in [0.15, 0.2) is 5.75 Å². The Morgan fingerprint density at radius 2 is 1.72 bits per heavy atom. The van der Waals surface area contributed by atoms with Crippen molar-refractivity contribution in [1.29, 1.82) is 0 Å². The van der Waals surface area contributed by atoms with Crippen LogP contribution in [0.4, 0.5) is 5.69 Å². The van der Waals surface area contributed by atoms with Crippen molar-refractivity contribution in [2.45, 2.75) is 39.0 Å². The average Bonchev–Trinajstić information content (AvgIpc) is 2.67. The summed E-state index contributed by atoms with van der Waals surface area (Å²) in [6.45, 7) is 6.58. The summed E-state index contributed by atoms with van der Waals surface area (Å²) in [7, 11) is -4.10. The van der Waals surface area contributed by atoms with Crippen molar-refractivity contribution >= 4 is 33.6 Å². The van der Waals surface area contributed by atoms with Crippen LogP contribution in [0.3, 0.4) is 0 Å². The SMILES string of the molecule is Cc1cc(NS(=O)(=O)c2ccccc2OC(=O)C(C)(C)C)ccc1C(=O)NCCC(=O)O. The number of anilines is 1. The third-order valence-electron chi connectivity index (χ3n) is 4.30. The predicted molar refractivity (Wildman–Crippen MR) is 118 cm³/mol. The van der Waals surface area contributed by atoms with Gasteiger partial charge in [0.25, 0.3) is 15.9 Å². The van der Waals surface area contributed by atoms with Crippen molar-refractivity contribution in [1.82, 2.24) is 5.32 Å². The van der Waals surface area contributed by atoms with E-state index in [4.69, 9.17) is 9.84 Å². The molecule has 0 heterocycles. The van der Waals surface area contributed by atoms with Crippen LogP contribution in [-0.2, 0) is 19.6 Å². The molecule has 32 heavy (non-hydrogen) atoms. The monoisotopic (exact) mass is 462 g/mol. The van der Waals surface area contributed by atoms with Crippen molar-refractivity contribution < 1.29 is 32.6 Å². The summed E-state index contributed by atoms with van der Waals surface area (Å²) >= 11 is 0. The highest BCUT2D eigenvalue weighted by atomic mass is 32.2. The molecule has 0 unspecified atom stereocenters. The maximum atomic E-state index is 13.0. The van der Waals surface area contributed by atoms with E-state index in [-0.39, 0.29) is 34.9 Å². The van der Waals surface area contributed by atoms with Crippen LogP contribution in [0.2, 0.25) is 0 Å². The highest BCUT2D eigenvalue weighted by molar-refractivity contribution is 7.92. The Morgan fingerprint density at radius 3 is 2.31 bits per heavy atom. The Balaban J connectivity index is 2.23. The van der Waals surface area contributed by atoms with Gasteiger partial charge in [-0.05, 0) is 63.6 Å². The Morgan fingerprint density at radius 1 is 1.06 bits per heavy atom. The number of hydrogen-bond donors (Lipinski definition) is 3. The first-order chi connectivity index (χ1) is 14.8. The zero-order valence-electron chi connectivity index (χ0n) is 18.3. The average molecular weight is 463 g/mol. The summed E-state index contributed by atoms with van der Waals surface area (Å²) in [6.07, 6.45) is -0.206. The van der Waals surface area contributed by atoms with Crippen molar-refractivity contribution in [2.75, 3.05) is 11.3 Å². The van der Waals surface area contributed by atoms with Crippen LogP contribution < -0.4 is 14.8 Å². The standard InChI is InChI=1S/C22H26N2O7S/c1-14-13-15(9-10-16(14)20(27)23-12-11-19(25)26)24-32(29,30)18-8-6-5-7-17(18)31-21(28)22(2,3)4/h5-10,13,24H,11-12H2,1-4H3,(H,23,27)(H,25,26). The number of ether oxygens (including phenoxy) is 1. The van der Waals surface area contributed by atoms with Crippen LogP contribution in [0.15, 0.2) is 47.4 Å². The van der Waals surface area contributed by atoms with E-state index in [9.17, 15) is 22.8 Å². The quantitative estimate of drug-likeness (QED) is 0.405. The molecule has 9 nitrogen and oxygen atoms in total. The lowest BCUT2D eigenvalue weighted by atomic mass is 9.97. The van der Waals surface area contributed by atoms with Crippen molar-refractivity contribution in [3.63, 3.8) is 0 Å². The first kappa shape index (κ1) is 24.9. The number of nitrogens with one attached hydrogen (secondary N) is 2. The van der Waals surface area contributed by atoms with E-state index in [1.807, 2.05) is 0 Å². The van der Waals surface area contributed by atoms with E-state index in [2.05, 4.69) is 10.0 Å². The van der Waals surface area contributed by atoms with Crippen molar-refractivity contribution in [3.05, 3.63) is 53.6 Å². The fourth-order valence-corrected chi connectivity index (χ4v) is 3.76. The van der Waals surface area contributed by atoms with Crippen LogP contribution >= 0.6 is 0 Å². The second-order valence-corrected chi connectivity index (χ2v) is 9.77. The van der Waals surface area contributed by atoms with Gasteiger partial charge in [0, 0.05) is 17.8 Å². The summed E-state index contributed by atoms with van der Waals surface area (Å²) in [5.74, 6) is -2.15. The number of aryl methyl sites for hydroxylation is 1. The Hall–Kier alpha value is -3.40. The van der Waals surface area contributed by atoms with Gasteiger partial charge in [-0.1, -0.05) is 12.1 Å². The van der Waals surface area contributed by atoms with Crippen LogP contribution in [0.25, 0.3) is 0 Å². The van der Waals surface area contributed by atoms with Gasteiger partial charge in [0.05, 0.1) is 11.8 Å². The number of carbonyl (C=O) groups is 3. The molecule has 172 valence electrons. The second-order valence-electron chi connectivity index (χ2n) is 8.12. The molecule has 0 aliphatic heterocycles. The molecule has 2 rings (SSSR count). The molecule has 0 aromatic heterocycles. The molecule has 0 spiro atoms. The molecule has 0 atom stereocenters. The normalized spacial score (nSPS) is 11.5. The highest BCUT2D eigenvalue weighted by Crippen LogP contribution is 2.28. The molecule has 0 radical (unpaired) electrons. The van der Waals surface area contributed by atoms with Crippen LogP contribution in [0.5, 0.6) is 5.75 Å². The molecular weight excluding hydrogens is 436 g/mol. The van der Waals surface area contributed by atoms with Gasteiger partial charge in [-0.3, -0.25) is 19.1 Å². The molecule has 0 saturated carbocycles. The van der Waals surface area contributed by atoms with Crippen molar-refractivity contribution in [2.24, 2.45) is 5.41 Å². The first-order valence-corrected chi connectivity index (χ1v) is 11.2. The van der Waals surface area contributed by atoms with Gasteiger partial charge in [-0.2, -0.15) is 0 Å². The fourth-order valence-electron chi connectivity index (χ4n) is 2.58. The summed E-state index contributed by atoms with van der Waals surface area (Å²) in [6, 6.07) is 10.1. The number of amides is 1. The van der Waals surface area contributed by atoms with E-state index < -0.39 is 33.3 Å². The van der Waals surface area contributed by atoms with Gasteiger partial charge >= 0.3 is 11.9 Å². The number of aliphatic carboxylic acids is 1. The lowest BCUT2D eigenvalue weighted by Crippen LogP contribution is -2.27. The number of esters is 1. The van der Waals surface area contributed by atoms with Crippen molar-refractivity contribution in [3.8, 4) is 5.75 Å². The fraction of sp³-hybridized carbons (Fsp3) is 0.318. The van der Waals surface area contributed by atoms with Gasteiger partial charge in [-0.15, -0.1) is 0 Å². The lowest BCUT2D eigenvalue weighted by molar-refractivity contribution is -0.143. The van der Waals surface area contributed by atoms with E-state index in [1.54, 1.807) is 33.8 Å². The third-order valence-corrected chi connectivity index (χ3v) is 5.72. The first-order valence-electron chi connectivity index (χ1n) is 9.76. The number of rotatable bonds is 8. The number of para-hydroxylation sites is 1. The molecular formula is C22H26N2O7S. The van der Waals surface area contributed by atoms with E-state index in [0.717, 1.165) is 0 Å². The largest absolute Gasteiger partial charge is 0.481 e. The Labute approximate surface area is 186 Å². The highest BCUT2D eigenvalue weighted by Gasteiger charge is 2.27. The minimum atomic E-state index is -4.10. The zero-order valence-corrected chi connectivity index (χ0v) is 19.1. The summed E-state index contributed by atoms with van der Waals surface area (Å²) < 4.78 is 33.6. The predicted octanol–water partition coefficient (Wildman–Crippen LogP) is 2.95. The van der Waals surface area contributed by atoms with Crippen LogP contribution in [0, 0.1) is 12.3 Å². The minimum Gasteiger partial charge on any atom is -0.481 e. The molecule has 10 heteroatoms. The van der Waals surface area contributed by atoms with Crippen LogP contribution in [0.1, 0.15) is 43.1 Å². The Kier molecular flexibility index (Phi) is 7.63. The number of hydrogen-bond acceptors (Lipinski definition) is 6. The van der Waals surface area contributed by atoms with Gasteiger partial charge < -0.3 is 15.2 Å². The Bertz CT molecular complexity index is 1140. The molecule has 3 N–H and O–H groups in total. The summed E-state index contributed by atoms with van der Waals surface area (Å²) in [5.41, 5.74) is 0.173. The van der Waals surface area contributed by atoms with Gasteiger partial charge in [-0.25, -0.2) is 8.42 Å². The number of benzene rings is 2. The second kappa shape index (κ2) is 9.82.